The Bertz CT molecular complexity index is 897. The Morgan fingerprint density at radius 1 is 0.893 bits per heavy atom. The molecular formula is C21H22N4O2S. The van der Waals surface area contributed by atoms with Crippen molar-refractivity contribution in [2.24, 2.45) is 0 Å². The maximum atomic E-state index is 12.2. The molecule has 2 N–H and O–H groups in total. The molecule has 7 heteroatoms. The normalized spacial score (nSPS) is 10.4. The molecule has 0 saturated carbocycles. The lowest BCUT2D eigenvalue weighted by Gasteiger charge is -2.04. The summed E-state index contributed by atoms with van der Waals surface area (Å²) in [4.78, 5) is 24.2. The van der Waals surface area contributed by atoms with Gasteiger partial charge in [0.25, 0.3) is 5.91 Å². The zero-order chi connectivity index (χ0) is 19.6. The molecule has 1 heterocycles. The summed E-state index contributed by atoms with van der Waals surface area (Å²) in [7, 11) is 0. The fraction of sp³-hybridized carbons (Fsp3) is 0.238. The number of amides is 2. The van der Waals surface area contributed by atoms with Crippen LogP contribution in [-0.2, 0) is 17.6 Å². The molecule has 0 atom stereocenters. The molecule has 0 fully saturated rings. The minimum absolute atomic E-state index is 0.0152. The van der Waals surface area contributed by atoms with E-state index in [2.05, 4.69) is 33.0 Å². The predicted molar refractivity (Wildman–Crippen MR) is 110 cm³/mol. The Morgan fingerprint density at radius 2 is 1.61 bits per heavy atom. The summed E-state index contributed by atoms with van der Waals surface area (Å²) in [6, 6.07) is 19.4. The molecule has 0 bridgehead atoms. The van der Waals surface area contributed by atoms with Gasteiger partial charge in [-0.3, -0.25) is 9.59 Å². The van der Waals surface area contributed by atoms with Crippen LogP contribution in [0.1, 0.15) is 33.2 Å². The van der Waals surface area contributed by atoms with Gasteiger partial charge >= 0.3 is 0 Å². The van der Waals surface area contributed by atoms with Crippen molar-refractivity contribution >= 4 is 28.8 Å². The van der Waals surface area contributed by atoms with Crippen molar-refractivity contribution in [3.8, 4) is 0 Å². The van der Waals surface area contributed by atoms with Gasteiger partial charge in [0.2, 0.25) is 10.9 Å². The number of nitrogens with zero attached hydrogens (tertiary/aromatic N) is 2. The number of aryl methyl sites for hydroxylation is 2. The van der Waals surface area contributed by atoms with E-state index in [4.69, 9.17) is 0 Å². The third kappa shape index (κ3) is 6.28. The fourth-order valence-electron chi connectivity index (χ4n) is 2.63. The highest BCUT2D eigenvalue weighted by molar-refractivity contribution is 7.13. The highest BCUT2D eigenvalue weighted by Crippen LogP contribution is 2.14. The number of aromatic nitrogens is 2. The number of benzene rings is 2. The molecule has 0 spiro atoms. The molecular weight excluding hydrogens is 372 g/mol. The second-order valence-electron chi connectivity index (χ2n) is 6.26. The van der Waals surface area contributed by atoms with Gasteiger partial charge in [-0.05, 0) is 30.5 Å². The average molecular weight is 395 g/mol. The minimum atomic E-state index is -0.291. The zero-order valence-corrected chi connectivity index (χ0v) is 16.2. The molecule has 0 aliphatic heterocycles. The Morgan fingerprint density at radius 3 is 2.36 bits per heavy atom. The van der Waals surface area contributed by atoms with E-state index >= 15 is 0 Å². The first-order valence-corrected chi connectivity index (χ1v) is 10.0. The van der Waals surface area contributed by atoms with Gasteiger partial charge in [-0.15, -0.1) is 10.2 Å². The third-order valence-electron chi connectivity index (χ3n) is 4.07. The first kappa shape index (κ1) is 19.7. The molecule has 0 aliphatic carbocycles. The van der Waals surface area contributed by atoms with E-state index in [1.807, 2.05) is 48.5 Å². The quantitative estimate of drug-likeness (QED) is 0.544. The fourth-order valence-corrected chi connectivity index (χ4v) is 3.36. The van der Waals surface area contributed by atoms with Gasteiger partial charge in [-0.1, -0.05) is 59.9 Å². The number of nitrogens with one attached hydrogen (secondary N) is 2. The third-order valence-corrected chi connectivity index (χ3v) is 5.05. The molecule has 3 aromatic rings. The Kier molecular flexibility index (Phi) is 7.26. The number of hydrogen-bond donors (Lipinski definition) is 2. The monoisotopic (exact) mass is 394 g/mol. The van der Waals surface area contributed by atoms with Crippen LogP contribution in [0.4, 0.5) is 5.69 Å². The van der Waals surface area contributed by atoms with Crippen LogP contribution in [0.3, 0.4) is 0 Å². The maximum Gasteiger partial charge on any atom is 0.286 e. The number of hydrogen-bond acceptors (Lipinski definition) is 5. The highest BCUT2D eigenvalue weighted by Gasteiger charge is 2.13. The molecule has 28 heavy (non-hydrogen) atoms. The zero-order valence-electron chi connectivity index (χ0n) is 15.4. The van der Waals surface area contributed by atoms with Crippen molar-refractivity contribution < 1.29 is 9.59 Å². The first-order valence-electron chi connectivity index (χ1n) is 9.20. The van der Waals surface area contributed by atoms with Crippen LogP contribution in [-0.4, -0.2) is 28.6 Å². The van der Waals surface area contributed by atoms with E-state index < -0.39 is 0 Å². The van der Waals surface area contributed by atoms with Crippen molar-refractivity contribution in [2.45, 2.75) is 25.7 Å². The number of para-hydroxylation sites is 1. The summed E-state index contributed by atoms with van der Waals surface area (Å²) in [5.41, 5.74) is 1.98. The van der Waals surface area contributed by atoms with Crippen molar-refractivity contribution in [3.63, 3.8) is 0 Å². The van der Waals surface area contributed by atoms with Gasteiger partial charge in [-0.25, -0.2) is 0 Å². The van der Waals surface area contributed by atoms with Crippen LogP contribution in [0, 0.1) is 0 Å². The largest absolute Gasteiger partial charge is 0.356 e. The Hall–Kier alpha value is -3.06. The summed E-state index contributed by atoms with van der Waals surface area (Å²) in [5, 5.41) is 14.6. The predicted octanol–water partition coefficient (Wildman–Crippen LogP) is 3.47. The molecule has 0 aliphatic rings. The Balaban J connectivity index is 1.36. The van der Waals surface area contributed by atoms with E-state index in [0.29, 0.717) is 35.1 Å². The smallest absolute Gasteiger partial charge is 0.286 e. The van der Waals surface area contributed by atoms with Crippen LogP contribution in [0.25, 0.3) is 0 Å². The van der Waals surface area contributed by atoms with Crippen LogP contribution in [0.2, 0.25) is 0 Å². The lowest BCUT2D eigenvalue weighted by Crippen LogP contribution is -2.24. The summed E-state index contributed by atoms with van der Waals surface area (Å²) in [5.74, 6) is -0.307. The summed E-state index contributed by atoms with van der Waals surface area (Å²) < 4.78 is 0. The molecule has 2 aromatic carbocycles. The molecule has 0 saturated heterocycles. The minimum Gasteiger partial charge on any atom is -0.356 e. The van der Waals surface area contributed by atoms with Crippen LogP contribution in [0.5, 0.6) is 0 Å². The van der Waals surface area contributed by atoms with E-state index in [1.165, 1.54) is 16.9 Å². The number of rotatable bonds is 9. The van der Waals surface area contributed by atoms with E-state index in [1.54, 1.807) is 0 Å². The van der Waals surface area contributed by atoms with Crippen molar-refractivity contribution in [1.82, 2.24) is 15.5 Å². The molecule has 2 amide bonds. The van der Waals surface area contributed by atoms with Gasteiger partial charge in [-0.2, -0.15) is 0 Å². The first-order chi connectivity index (χ1) is 13.7. The van der Waals surface area contributed by atoms with Crippen LogP contribution >= 0.6 is 11.3 Å². The van der Waals surface area contributed by atoms with E-state index in [-0.39, 0.29) is 11.8 Å². The van der Waals surface area contributed by atoms with Crippen molar-refractivity contribution in [1.29, 1.82) is 0 Å². The van der Waals surface area contributed by atoms with Gasteiger partial charge in [0, 0.05) is 25.1 Å². The number of carbonyl (C=O) groups is 2. The SMILES string of the molecule is O=C(CCc1nnc(C(=O)Nc2ccccc2)s1)NCCCc1ccccc1. The number of anilines is 1. The lowest BCUT2D eigenvalue weighted by atomic mass is 10.1. The molecule has 1 aromatic heterocycles. The summed E-state index contributed by atoms with van der Waals surface area (Å²) >= 11 is 1.21. The van der Waals surface area contributed by atoms with Crippen molar-refractivity contribution in [2.75, 3.05) is 11.9 Å². The number of carbonyl (C=O) groups excluding carboxylic acids is 2. The van der Waals surface area contributed by atoms with Crippen LogP contribution < -0.4 is 10.6 Å². The molecule has 3 rings (SSSR count). The van der Waals surface area contributed by atoms with Gasteiger partial charge < -0.3 is 10.6 Å². The second kappa shape index (κ2) is 10.3. The molecule has 0 unspecified atom stereocenters. The summed E-state index contributed by atoms with van der Waals surface area (Å²) in [6.07, 6.45) is 2.65. The maximum absolute atomic E-state index is 12.2. The highest BCUT2D eigenvalue weighted by atomic mass is 32.1. The molecule has 6 nitrogen and oxygen atoms in total. The summed E-state index contributed by atoms with van der Waals surface area (Å²) in [6.45, 7) is 0.647. The molecule has 144 valence electrons. The van der Waals surface area contributed by atoms with Crippen LogP contribution in [0.15, 0.2) is 60.7 Å². The van der Waals surface area contributed by atoms with Crippen molar-refractivity contribution in [3.05, 3.63) is 76.2 Å². The van der Waals surface area contributed by atoms with Gasteiger partial charge in [0.15, 0.2) is 0 Å². The van der Waals surface area contributed by atoms with E-state index in [0.717, 1.165) is 12.8 Å². The van der Waals surface area contributed by atoms with Gasteiger partial charge in [0.05, 0.1) is 0 Å². The molecule has 0 radical (unpaired) electrons. The topological polar surface area (TPSA) is 84.0 Å². The van der Waals surface area contributed by atoms with Gasteiger partial charge in [0.1, 0.15) is 5.01 Å². The second-order valence-corrected chi connectivity index (χ2v) is 7.32. The standard InChI is InChI=1S/C21H22N4O2S/c26-18(22-15-7-10-16-8-3-1-4-9-16)13-14-19-24-25-21(28-19)20(27)23-17-11-5-2-6-12-17/h1-6,8-9,11-12H,7,10,13-15H2,(H,22,26)(H,23,27). The lowest BCUT2D eigenvalue weighted by molar-refractivity contribution is -0.121. The van der Waals surface area contributed by atoms with E-state index in [9.17, 15) is 9.59 Å². The Labute approximate surface area is 168 Å². The average Bonchev–Trinajstić information content (AvgIpc) is 3.20.